The molecule has 2 atom stereocenters. The van der Waals surface area contributed by atoms with Crippen molar-refractivity contribution in [3.8, 4) is 5.75 Å². The molecule has 3 heterocycles. The fraction of sp³-hybridized carbons (Fsp3) is 0.300. The number of fused-ring (bicyclic) bond motifs is 1. The average Bonchev–Trinajstić information content (AvgIpc) is 3.30. The molecule has 2 aliphatic heterocycles. The number of carboxylic acids is 1. The Morgan fingerprint density at radius 1 is 1.32 bits per heavy atom. The number of β-lactam (4-membered cyclic amide) rings is 1. The number of rotatable bonds is 9. The van der Waals surface area contributed by atoms with Gasteiger partial charge < -0.3 is 20.4 Å². The van der Waals surface area contributed by atoms with Crippen LogP contribution >= 0.6 is 46.7 Å². The van der Waals surface area contributed by atoms with Crippen LogP contribution in [0.25, 0.3) is 0 Å². The van der Waals surface area contributed by atoms with E-state index in [0.29, 0.717) is 10.7 Å². The van der Waals surface area contributed by atoms with Crippen LogP contribution in [-0.4, -0.2) is 92.5 Å². The van der Waals surface area contributed by atoms with Gasteiger partial charge in [0.25, 0.3) is 11.8 Å². The summed E-state index contributed by atoms with van der Waals surface area (Å²) in [4.78, 5) is 54.0. The lowest BCUT2D eigenvalue weighted by Crippen LogP contribution is -2.71. The molecule has 1 fully saturated rings. The average molecular weight is 602 g/mol. The second-order valence-electron chi connectivity index (χ2n) is 7.69. The van der Waals surface area contributed by atoms with Crippen molar-refractivity contribution >= 4 is 76.2 Å². The minimum Gasteiger partial charge on any atom is -0.508 e. The monoisotopic (exact) mass is 601 g/mol. The summed E-state index contributed by atoms with van der Waals surface area (Å²) >= 11 is 13.4. The van der Waals surface area contributed by atoms with E-state index in [1.165, 1.54) is 52.5 Å². The maximum Gasteiger partial charge on any atom is 0.367 e. The number of phenolic OH excluding ortho intramolecular Hbond substituents is 1. The largest absolute Gasteiger partial charge is 0.508 e. The van der Waals surface area contributed by atoms with Crippen molar-refractivity contribution in [1.82, 2.24) is 30.4 Å². The second-order valence-corrected chi connectivity index (χ2v) is 10.8. The molecule has 0 saturated carbocycles. The first kappa shape index (κ1) is 27.7. The van der Waals surface area contributed by atoms with Crippen LogP contribution in [0.5, 0.6) is 5.75 Å². The van der Waals surface area contributed by atoms with Crippen LogP contribution in [0.1, 0.15) is 5.56 Å². The number of nitrogens with one attached hydrogen (secondary N) is 1. The predicted octanol–water partition coefficient (Wildman–Crippen LogP) is 0.498. The molecule has 1 aromatic carbocycles. The Balaban J connectivity index is 1.52. The fourth-order valence-electron chi connectivity index (χ4n) is 3.47. The van der Waals surface area contributed by atoms with Gasteiger partial charge in [-0.3, -0.25) is 14.5 Å². The van der Waals surface area contributed by atoms with E-state index in [2.05, 4.69) is 30.8 Å². The molecule has 0 radical (unpaired) electrons. The molecule has 2 aliphatic rings. The molecule has 2 aromatic rings. The number of aliphatic carboxylic acids is 1. The zero-order valence-corrected chi connectivity index (χ0v) is 22.3. The number of benzene rings is 1. The Kier molecular flexibility index (Phi) is 8.44. The van der Waals surface area contributed by atoms with Crippen LogP contribution in [0, 0.1) is 0 Å². The number of aryl methyl sites for hydroxylation is 1. The van der Waals surface area contributed by atoms with Gasteiger partial charge in [-0.15, -0.1) is 16.9 Å². The maximum atomic E-state index is 13.1. The standard InChI is InChI=1S/C20H17Cl2N7O7S2/c1-28-20(24-26-27-28)38-7-9-6-37-17-12(16(32)29(17)13(9)18(33)34)23-15(31)11(25-36-19(35)14(21)22)8-2-4-10(30)5-3-8/h2-5,12,14,17,30H,6-7H2,1H3,(H,23,31)(H,33,34)/b25-11+/t12?,17-/m1/s1. The highest BCUT2D eigenvalue weighted by atomic mass is 35.5. The number of amides is 2. The first-order valence-corrected chi connectivity index (χ1v) is 13.4. The third kappa shape index (κ3) is 5.72. The van der Waals surface area contributed by atoms with Crippen molar-refractivity contribution in [3.05, 3.63) is 41.1 Å². The van der Waals surface area contributed by atoms with Crippen molar-refractivity contribution in [2.24, 2.45) is 12.2 Å². The van der Waals surface area contributed by atoms with Gasteiger partial charge in [0.1, 0.15) is 22.9 Å². The Morgan fingerprint density at radius 2 is 2.03 bits per heavy atom. The number of alkyl halides is 2. The lowest BCUT2D eigenvalue weighted by molar-refractivity contribution is -0.150. The summed E-state index contributed by atoms with van der Waals surface area (Å²) in [6, 6.07) is 4.16. The highest BCUT2D eigenvalue weighted by Gasteiger charge is 2.54. The lowest BCUT2D eigenvalue weighted by atomic mass is 10.0. The number of hydrogen-bond donors (Lipinski definition) is 3. The topological polar surface area (TPSA) is 189 Å². The number of carbonyl (C=O) groups excluding carboxylic acids is 3. The molecule has 1 saturated heterocycles. The van der Waals surface area contributed by atoms with Gasteiger partial charge in [0.15, 0.2) is 5.71 Å². The summed E-state index contributed by atoms with van der Waals surface area (Å²) < 4.78 is 1.44. The van der Waals surface area contributed by atoms with Gasteiger partial charge in [-0.05, 0) is 40.3 Å². The van der Waals surface area contributed by atoms with E-state index in [9.17, 15) is 29.4 Å². The SMILES string of the molecule is Cn1nnnc1SCC1=C(C(=O)O)N2C(=O)C(NC(=O)/C(=N/OC(=O)C(Cl)Cl)c3ccc(O)cc3)[C@H]2SC1. The summed E-state index contributed by atoms with van der Waals surface area (Å²) in [7, 11) is 1.65. The summed E-state index contributed by atoms with van der Waals surface area (Å²) in [5.74, 6) is -3.52. The number of carbonyl (C=O) groups is 4. The normalized spacial score (nSPS) is 19.2. The predicted molar refractivity (Wildman–Crippen MR) is 135 cm³/mol. The number of hydrogen-bond acceptors (Lipinski definition) is 12. The smallest absolute Gasteiger partial charge is 0.367 e. The van der Waals surface area contributed by atoms with Gasteiger partial charge in [-0.1, -0.05) is 40.1 Å². The van der Waals surface area contributed by atoms with Crippen molar-refractivity contribution in [3.63, 3.8) is 0 Å². The van der Waals surface area contributed by atoms with Crippen LogP contribution < -0.4 is 5.32 Å². The van der Waals surface area contributed by atoms with E-state index >= 15 is 0 Å². The number of aromatic hydroxyl groups is 1. The number of halogens is 2. The van der Waals surface area contributed by atoms with Gasteiger partial charge in [-0.25, -0.2) is 14.3 Å². The fourth-order valence-corrected chi connectivity index (χ4v) is 5.89. The molecule has 3 N–H and O–H groups in total. The minimum atomic E-state index is -1.55. The van der Waals surface area contributed by atoms with Crippen LogP contribution in [-0.2, 0) is 31.1 Å². The summed E-state index contributed by atoms with van der Waals surface area (Å²) in [5, 5.41) is 36.3. The van der Waals surface area contributed by atoms with E-state index in [4.69, 9.17) is 23.2 Å². The first-order valence-electron chi connectivity index (χ1n) is 10.5. The molecular formula is C20H17Cl2N7O7S2. The number of thioether (sulfide) groups is 2. The number of carboxylic acid groups (broad SMARTS) is 1. The molecule has 2 amide bonds. The molecule has 1 aromatic heterocycles. The molecule has 4 rings (SSSR count). The number of oxime groups is 1. The van der Waals surface area contributed by atoms with Crippen molar-refractivity contribution in [1.29, 1.82) is 0 Å². The zero-order chi connectivity index (χ0) is 27.6. The van der Waals surface area contributed by atoms with Gasteiger partial charge in [0.05, 0.1) is 0 Å². The van der Waals surface area contributed by atoms with E-state index in [1.807, 2.05) is 0 Å². The third-order valence-electron chi connectivity index (χ3n) is 5.25. The van der Waals surface area contributed by atoms with Crippen LogP contribution in [0.15, 0.2) is 45.8 Å². The lowest BCUT2D eigenvalue weighted by Gasteiger charge is -2.49. The Bertz CT molecular complexity index is 1350. The first-order chi connectivity index (χ1) is 18.1. The van der Waals surface area contributed by atoms with Gasteiger partial charge in [-0.2, -0.15) is 0 Å². The number of phenols is 1. The molecule has 1 unspecified atom stereocenters. The molecular weight excluding hydrogens is 585 g/mol. The quantitative estimate of drug-likeness (QED) is 0.0902. The Morgan fingerprint density at radius 3 is 2.63 bits per heavy atom. The summed E-state index contributed by atoms with van der Waals surface area (Å²) in [5.41, 5.74) is 0.0866. The highest BCUT2D eigenvalue weighted by molar-refractivity contribution is 8.01. The molecule has 0 aliphatic carbocycles. The number of tetrazole rings is 1. The van der Waals surface area contributed by atoms with Crippen LogP contribution in [0.3, 0.4) is 0 Å². The molecule has 0 bridgehead atoms. The summed E-state index contributed by atoms with van der Waals surface area (Å²) in [6.07, 6.45) is 0. The Labute approximate surface area is 232 Å². The highest BCUT2D eigenvalue weighted by Crippen LogP contribution is 2.41. The van der Waals surface area contributed by atoms with Crippen molar-refractivity contribution in [2.75, 3.05) is 11.5 Å². The third-order valence-corrected chi connectivity index (χ3v) is 8.05. The van der Waals surface area contributed by atoms with Crippen molar-refractivity contribution < 1.29 is 34.2 Å². The molecule has 200 valence electrons. The van der Waals surface area contributed by atoms with E-state index in [-0.39, 0.29) is 28.5 Å². The number of nitrogens with zero attached hydrogens (tertiary/aromatic N) is 6. The maximum absolute atomic E-state index is 13.1. The molecule has 38 heavy (non-hydrogen) atoms. The van der Waals surface area contributed by atoms with E-state index < -0.39 is 45.7 Å². The van der Waals surface area contributed by atoms with Gasteiger partial charge in [0.2, 0.25) is 9.99 Å². The van der Waals surface area contributed by atoms with Crippen LogP contribution in [0.4, 0.5) is 0 Å². The van der Waals surface area contributed by atoms with E-state index in [0.717, 1.165) is 4.90 Å². The molecule has 18 heteroatoms. The van der Waals surface area contributed by atoms with Gasteiger partial charge >= 0.3 is 11.9 Å². The van der Waals surface area contributed by atoms with E-state index in [1.54, 1.807) is 7.05 Å². The van der Waals surface area contributed by atoms with Crippen molar-refractivity contribution in [2.45, 2.75) is 21.4 Å². The summed E-state index contributed by atoms with van der Waals surface area (Å²) in [6.45, 7) is 0. The minimum absolute atomic E-state index is 0.0899. The van der Waals surface area contributed by atoms with Crippen LogP contribution in [0.2, 0.25) is 0 Å². The Hall–Kier alpha value is -3.34. The van der Waals surface area contributed by atoms with Gasteiger partial charge in [0, 0.05) is 24.1 Å². The second kappa shape index (κ2) is 11.6. The molecule has 14 nitrogen and oxygen atoms in total. The molecule has 0 spiro atoms. The zero-order valence-electron chi connectivity index (χ0n) is 19.1. The number of aromatic nitrogens is 4.